The molecule has 110 valence electrons. The van der Waals surface area contributed by atoms with E-state index in [2.05, 4.69) is 16.9 Å². The van der Waals surface area contributed by atoms with E-state index in [0.717, 1.165) is 29.7 Å². The van der Waals surface area contributed by atoms with Crippen LogP contribution in [-0.4, -0.2) is 30.8 Å². The summed E-state index contributed by atoms with van der Waals surface area (Å²) >= 11 is 0. The molecule has 0 unspecified atom stereocenters. The van der Waals surface area contributed by atoms with Crippen molar-refractivity contribution in [1.29, 1.82) is 0 Å². The third kappa shape index (κ3) is 2.53. The van der Waals surface area contributed by atoms with Crippen molar-refractivity contribution in [2.24, 2.45) is 7.05 Å². The molecule has 2 rings (SSSR count). The van der Waals surface area contributed by atoms with E-state index < -0.39 is 5.69 Å². The number of aliphatic hydroxyl groups excluding tert-OH is 1. The Labute approximate surface area is 115 Å². The van der Waals surface area contributed by atoms with Gasteiger partial charge in [0.2, 0.25) is 0 Å². The highest BCUT2D eigenvalue weighted by molar-refractivity contribution is 5.70. The number of imidazole rings is 1. The molecule has 0 aliphatic carbocycles. The number of aromatic nitrogens is 4. The van der Waals surface area contributed by atoms with Crippen LogP contribution in [0.1, 0.15) is 32.0 Å². The summed E-state index contributed by atoms with van der Waals surface area (Å²) in [6, 6.07) is 0. The number of nitrogens with one attached hydrogen (secondary N) is 1. The highest BCUT2D eigenvalue weighted by atomic mass is 16.3. The van der Waals surface area contributed by atoms with E-state index in [4.69, 9.17) is 5.11 Å². The molecule has 0 atom stereocenters. The maximum atomic E-state index is 12.1. The van der Waals surface area contributed by atoms with Gasteiger partial charge in [-0.3, -0.25) is 14.3 Å². The van der Waals surface area contributed by atoms with Crippen molar-refractivity contribution in [3.8, 4) is 0 Å². The lowest BCUT2D eigenvalue weighted by Gasteiger charge is -2.07. The quantitative estimate of drug-likeness (QED) is 0.787. The van der Waals surface area contributed by atoms with E-state index in [-0.39, 0.29) is 17.7 Å². The number of hydrogen-bond acceptors (Lipinski definition) is 4. The van der Waals surface area contributed by atoms with Gasteiger partial charge in [0.05, 0.1) is 0 Å². The van der Waals surface area contributed by atoms with Crippen LogP contribution in [0.25, 0.3) is 11.2 Å². The Kier molecular flexibility index (Phi) is 4.39. The smallest absolute Gasteiger partial charge is 0.329 e. The van der Waals surface area contributed by atoms with Crippen LogP contribution in [0.4, 0.5) is 0 Å². The first kappa shape index (κ1) is 14.5. The second-order valence-electron chi connectivity index (χ2n) is 4.85. The monoisotopic (exact) mass is 280 g/mol. The normalized spacial score (nSPS) is 11.3. The SMILES string of the molecule is CCCCc1nc2c(=O)n(C)c(=O)[nH]c2n1CCCO. The molecule has 0 aliphatic rings. The molecular formula is C13H20N4O3. The molecule has 7 nitrogen and oxygen atoms in total. The molecule has 20 heavy (non-hydrogen) atoms. The van der Waals surface area contributed by atoms with Gasteiger partial charge in [0.25, 0.3) is 5.56 Å². The van der Waals surface area contributed by atoms with Crippen LogP contribution in [0.3, 0.4) is 0 Å². The van der Waals surface area contributed by atoms with Gasteiger partial charge in [0.1, 0.15) is 11.5 Å². The zero-order chi connectivity index (χ0) is 14.7. The van der Waals surface area contributed by atoms with E-state index in [1.165, 1.54) is 7.05 Å². The summed E-state index contributed by atoms with van der Waals surface area (Å²) in [7, 11) is 1.43. The molecule has 2 aromatic heterocycles. The van der Waals surface area contributed by atoms with Gasteiger partial charge < -0.3 is 9.67 Å². The predicted molar refractivity (Wildman–Crippen MR) is 75.9 cm³/mol. The fourth-order valence-electron chi connectivity index (χ4n) is 2.21. The van der Waals surface area contributed by atoms with Crippen molar-refractivity contribution in [2.45, 2.75) is 39.2 Å². The lowest BCUT2D eigenvalue weighted by Crippen LogP contribution is -2.32. The van der Waals surface area contributed by atoms with Crippen molar-refractivity contribution in [3.05, 3.63) is 26.7 Å². The molecular weight excluding hydrogens is 260 g/mol. The third-order valence-corrected chi connectivity index (χ3v) is 3.38. The lowest BCUT2D eigenvalue weighted by molar-refractivity contribution is 0.279. The van der Waals surface area contributed by atoms with Crippen molar-refractivity contribution >= 4 is 11.2 Å². The van der Waals surface area contributed by atoms with Gasteiger partial charge in [-0.2, -0.15) is 0 Å². The number of fused-ring (bicyclic) bond motifs is 1. The van der Waals surface area contributed by atoms with Crippen molar-refractivity contribution in [1.82, 2.24) is 19.1 Å². The van der Waals surface area contributed by atoms with Gasteiger partial charge >= 0.3 is 5.69 Å². The Morgan fingerprint density at radius 1 is 1.30 bits per heavy atom. The molecule has 0 bridgehead atoms. The Morgan fingerprint density at radius 2 is 2.05 bits per heavy atom. The number of nitrogens with zero attached hydrogens (tertiary/aromatic N) is 3. The van der Waals surface area contributed by atoms with Crippen molar-refractivity contribution in [3.63, 3.8) is 0 Å². The van der Waals surface area contributed by atoms with Crippen LogP contribution < -0.4 is 11.2 Å². The molecule has 0 saturated heterocycles. The first-order chi connectivity index (χ1) is 9.60. The number of hydrogen-bond donors (Lipinski definition) is 2. The Balaban J connectivity index is 2.62. The first-order valence-electron chi connectivity index (χ1n) is 6.89. The highest BCUT2D eigenvalue weighted by Crippen LogP contribution is 2.12. The van der Waals surface area contributed by atoms with Crippen molar-refractivity contribution < 1.29 is 5.11 Å². The maximum absolute atomic E-state index is 12.1. The number of unbranched alkanes of at least 4 members (excludes halogenated alkanes) is 1. The summed E-state index contributed by atoms with van der Waals surface area (Å²) in [6.45, 7) is 2.68. The molecule has 2 heterocycles. The maximum Gasteiger partial charge on any atom is 0.329 e. The second-order valence-corrected chi connectivity index (χ2v) is 4.85. The number of aromatic amines is 1. The Hall–Kier alpha value is -1.89. The summed E-state index contributed by atoms with van der Waals surface area (Å²) in [5, 5.41) is 8.99. The highest BCUT2D eigenvalue weighted by Gasteiger charge is 2.15. The minimum atomic E-state index is -0.449. The number of aliphatic hydroxyl groups is 1. The molecule has 0 saturated carbocycles. The zero-order valence-electron chi connectivity index (χ0n) is 11.8. The summed E-state index contributed by atoms with van der Waals surface area (Å²) in [5.74, 6) is 0.786. The van der Waals surface area contributed by atoms with Crippen LogP contribution in [0.5, 0.6) is 0 Å². The largest absolute Gasteiger partial charge is 0.396 e. The Bertz CT molecular complexity index is 711. The fourth-order valence-corrected chi connectivity index (χ4v) is 2.21. The average Bonchev–Trinajstić information content (AvgIpc) is 2.78. The fraction of sp³-hybridized carbons (Fsp3) is 0.615. The summed E-state index contributed by atoms with van der Waals surface area (Å²) in [5.41, 5.74) is -0.0901. The van der Waals surface area contributed by atoms with Gasteiger partial charge in [-0.15, -0.1) is 0 Å². The number of aryl methyl sites for hydroxylation is 2. The van der Waals surface area contributed by atoms with Crippen molar-refractivity contribution in [2.75, 3.05) is 6.61 Å². The zero-order valence-corrected chi connectivity index (χ0v) is 11.8. The van der Waals surface area contributed by atoms with Crippen LogP contribution in [0, 0.1) is 0 Å². The number of H-pyrrole nitrogens is 1. The Morgan fingerprint density at radius 3 is 2.70 bits per heavy atom. The van der Waals surface area contributed by atoms with Gasteiger partial charge in [0, 0.05) is 26.6 Å². The summed E-state index contributed by atoms with van der Waals surface area (Å²) < 4.78 is 2.86. The van der Waals surface area contributed by atoms with Gasteiger partial charge in [-0.25, -0.2) is 9.78 Å². The first-order valence-corrected chi connectivity index (χ1v) is 6.89. The number of rotatable bonds is 6. The summed E-state index contributed by atoms with van der Waals surface area (Å²) in [4.78, 5) is 30.9. The lowest BCUT2D eigenvalue weighted by atomic mass is 10.2. The molecule has 0 amide bonds. The molecule has 0 aromatic carbocycles. The minimum Gasteiger partial charge on any atom is -0.396 e. The second kappa shape index (κ2) is 6.04. The minimum absolute atomic E-state index is 0.0575. The van der Waals surface area contributed by atoms with Gasteiger partial charge in [-0.1, -0.05) is 13.3 Å². The van der Waals surface area contributed by atoms with E-state index in [1.54, 1.807) is 0 Å². The molecule has 0 spiro atoms. The molecule has 2 N–H and O–H groups in total. The molecule has 0 radical (unpaired) electrons. The third-order valence-electron chi connectivity index (χ3n) is 3.38. The molecule has 2 aromatic rings. The summed E-state index contributed by atoms with van der Waals surface area (Å²) in [6.07, 6.45) is 3.30. The topological polar surface area (TPSA) is 92.9 Å². The van der Waals surface area contributed by atoms with Crippen LogP contribution >= 0.6 is 0 Å². The van der Waals surface area contributed by atoms with E-state index >= 15 is 0 Å². The molecule has 7 heteroatoms. The van der Waals surface area contributed by atoms with Crippen LogP contribution in [0.2, 0.25) is 0 Å². The van der Waals surface area contributed by atoms with Crippen LogP contribution in [0.15, 0.2) is 9.59 Å². The van der Waals surface area contributed by atoms with E-state index in [0.29, 0.717) is 18.6 Å². The predicted octanol–water partition coefficient (Wildman–Crippen LogP) is 0.148. The van der Waals surface area contributed by atoms with Gasteiger partial charge in [0.15, 0.2) is 5.52 Å². The molecule has 0 fully saturated rings. The molecule has 0 aliphatic heterocycles. The average molecular weight is 280 g/mol. The van der Waals surface area contributed by atoms with E-state index in [1.807, 2.05) is 4.57 Å². The standard InChI is InChI=1S/C13H20N4O3/c1-3-4-6-9-14-10-11(17(9)7-5-8-18)15-13(20)16(2)12(10)19/h18H,3-8H2,1-2H3,(H,15,20). The van der Waals surface area contributed by atoms with Crippen LogP contribution in [-0.2, 0) is 20.0 Å². The van der Waals surface area contributed by atoms with Gasteiger partial charge in [-0.05, 0) is 12.8 Å². The van der Waals surface area contributed by atoms with E-state index in [9.17, 15) is 9.59 Å².